The van der Waals surface area contributed by atoms with Gasteiger partial charge in [-0.25, -0.2) is 0 Å². The zero-order chi connectivity index (χ0) is 24.3. The van der Waals surface area contributed by atoms with Crippen LogP contribution in [0, 0.1) is 0 Å². The fourth-order valence-electron chi connectivity index (χ4n) is 4.03. The van der Waals surface area contributed by atoms with Crippen LogP contribution < -0.4 is 9.47 Å². The van der Waals surface area contributed by atoms with Crippen LogP contribution in [-0.4, -0.2) is 80.0 Å². The minimum absolute atomic E-state index is 0.00115. The number of benzene rings is 1. The molecule has 0 saturated heterocycles. The molecule has 8 heteroatoms. The van der Waals surface area contributed by atoms with Crippen LogP contribution in [0.2, 0.25) is 0 Å². The molecule has 2 heterocycles. The second-order valence-corrected chi connectivity index (χ2v) is 9.10. The highest BCUT2D eigenvalue weighted by Gasteiger charge is 2.33. The Morgan fingerprint density at radius 3 is 2.74 bits per heavy atom. The van der Waals surface area contributed by atoms with Crippen molar-refractivity contribution in [3.8, 4) is 11.5 Å². The number of carbonyl (C=O) groups is 1. The molecule has 7 nitrogen and oxygen atoms in total. The summed E-state index contributed by atoms with van der Waals surface area (Å²) in [5.74, 6) is 1.49. The molecule has 0 unspecified atom stereocenters. The summed E-state index contributed by atoms with van der Waals surface area (Å²) in [7, 11) is 1.63. The van der Waals surface area contributed by atoms with Crippen molar-refractivity contribution < 1.29 is 24.1 Å². The average molecular weight is 487 g/mol. The molecule has 1 aromatic heterocycles. The van der Waals surface area contributed by atoms with E-state index in [0.717, 1.165) is 23.5 Å². The highest BCUT2D eigenvalue weighted by Crippen LogP contribution is 2.34. The van der Waals surface area contributed by atoms with Gasteiger partial charge in [-0.2, -0.15) is 0 Å². The Morgan fingerprint density at radius 2 is 2.03 bits per heavy atom. The minimum atomic E-state index is -0.702. The van der Waals surface area contributed by atoms with Gasteiger partial charge in [0.05, 0.1) is 39.0 Å². The van der Waals surface area contributed by atoms with Crippen molar-refractivity contribution in [2.45, 2.75) is 18.6 Å². The van der Waals surface area contributed by atoms with E-state index in [1.54, 1.807) is 30.6 Å². The van der Waals surface area contributed by atoms with E-state index in [9.17, 15) is 9.90 Å². The molecule has 34 heavy (non-hydrogen) atoms. The van der Waals surface area contributed by atoms with Crippen molar-refractivity contribution >= 4 is 17.2 Å². The third-order valence-corrected chi connectivity index (χ3v) is 6.64. The Bertz CT molecular complexity index is 930. The van der Waals surface area contributed by atoms with E-state index < -0.39 is 6.10 Å². The topological polar surface area (TPSA) is 71.5 Å². The largest absolute Gasteiger partial charge is 0.497 e. The van der Waals surface area contributed by atoms with E-state index in [0.29, 0.717) is 32.8 Å². The van der Waals surface area contributed by atoms with Crippen LogP contribution in [0.25, 0.3) is 0 Å². The van der Waals surface area contributed by atoms with Gasteiger partial charge < -0.3 is 24.2 Å². The van der Waals surface area contributed by atoms with Crippen molar-refractivity contribution in [3.63, 3.8) is 0 Å². The number of carbonyl (C=O) groups excluding carboxylic acids is 1. The van der Waals surface area contributed by atoms with Gasteiger partial charge in [-0.3, -0.25) is 9.69 Å². The molecule has 0 bridgehead atoms. The van der Waals surface area contributed by atoms with Crippen LogP contribution >= 0.6 is 11.3 Å². The molecule has 0 spiro atoms. The Balaban J connectivity index is 1.67. The molecule has 1 amide bonds. The van der Waals surface area contributed by atoms with Crippen LogP contribution in [-0.2, 0) is 16.0 Å². The first-order valence-corrected chi connectivity index (χ1v) is 12.3. The summed E-state index contributed by atoms with van der Waals surface area (Å²) in [6.07, 6.45) is 3.51. The SMILES string of the molecule is C=CCOC[C@H](O)CN(CC=C)CC(=O)N1CCc2sccc2[C@H]1COc1ccc(OC)cc1. The first-order valence-electron chi connectivity index (χ1n) is 11.4. The molecule has 2 atom stereocenters. The Kier molecular flexibility index (Phi) is 10.2. The zero-order valence-electron chi connectivity index (χ0n) is 19.7. The molecule has 1 N–H and O–H groups in total. The van der Waals surface area contributed by atoms with Crippen LogP contribution in [0.5, 0.6) is 11.5 Å². The van der Waals surface area contributed by atoms with Gasteiger partial charge in [-0.1, -0.05) is 12.2 Å². The van der Waals surface area contributed by atoms with Gasteiger partial charge in [0.1, 0.15) is 18.1 Å². The summed E-state index contributed by atoms with van der Waals surface area (Å²) in [4.78, 5) is 18.5. The number of hydrogen-bond donors (Lipinski definition) is 1. The lowest BCUT2D eigenvalue weighted by Crippen LogP contribution is -2.48. The molecule has 0 radical (unpaired) electrons. The Hall–Kier alpha value is -2.65. The van der Waals surface area contributed by atoms with Crippen molar-refractivity contribution in [2.24, 2.45) is 0 Å². The molecule has 2 aromatic rings. The molecule has 184 valence electrons. The second-order valence-electron chi connectivity index (χ2n) is 8.10. The summed E-state index contributed by atoms with van der Waals surface area (Å²) >= 11 is 1.72. The summed E-state index contributed by atoms with van der Waals surface area (Å²) in [6.45, 7) is 9.96. The smallest absolute Gasteiger partial charge is 0.237 e. The quantitative estimate of drug-likeness (QED) is 0.326. The first kappa shape index (κ1) is 26.0. The van der Waals surface area contributed by atoms with E-state index in [4.69, 9.17) is 14.2 Å². The number of thiophene rings is 1. The van der Waals surface area contributed by atoms with Crippen molar-refractivity contribution in [3.05, 3.63) is 71.5 Å². The lowest BCUT2D eigenvalue weighted by Gasteiger charge is -2.37. The lowest BCUT2D eigenvalue weighted by atomic mass is 10.0. The maximum absolute atomic E-state index is 13.4. The monoisotopic (exact) mass is 486 g/mol. The maximum atomic E-state index is 13.4. The molecule has 3 rings (SSSR count). The number of rotatable bonds is 14. The van der Waals surface area contributed by atoms with Gasteiger partial charge in [0.25, 0.3) is 0 Å². The van der Waals surface area contributed by atoms with Gasteiger partial charge in [-0.05, 0) is 47.7 Å². The first-order chi connectivity index (χ1) is 16.5. The number of aliphatic hydroxyl groups excluding tert-OH is 1. The Labute approximate surface area is 205 Å². The molecule has 0 saturated carbocycles. The van der Waals surface area contributed by atoms with E-state index in [1.807, 2.05) is 34.1 Å². The molecule has 1 aromatic carbocycles. The van der Waals surface area contributed by atoms with E-state index >= 15 is 0 Å². The number of methoxy groups -OCH3 is 1. The number of aliphatic hydroxyl groups is 1. The molecule has 0 aliphatic carbocycles. The zero-order valence-corrected chi connectivity index (χ0v) is 20.5. The number of nitrogens with zero attached hydrogens (tertiary/aromatic N) is 2. The van der Waals surface area contributed by atoms with E-state index in [2.05, 4.69) is 24.6 Å². The minimum Gasteiger partial charge on any atom is -0.497 e. The van der Waals surface area contributed by atoms with Gasteiger partial charge in [0, 0.05) is 24.5 Å². The summed E-state index contributed by atoms with van der Waals surface area (Å²) in [6, 6.07) is 9.35. The van der Waals surface area contributed by atoms with Crippen LogP contribution in [0.1, 0.15) is 16.5 Å². The highest BCUT2D eigenvalue weighted by atomic mass is 32.1. The number of amides is 1. The molecule has 1 aliphatic rings. The molecular weight excluding hydrogens is 452 g/mol. The molecule has 0 fully saturated rings. The standard InChI is InChI=1S/C26H34N2O5S/c1-4-12-27(16-20(29)18-32-14-5-2)17-26(30)28-13-10-25-23(11-15-34-25)24(28)19-33-22-8-6-21(31-3)7-9-22/h4-9,11,15,20,24,29H,1-2,10,12-14,16-19H2,3H3/t20-,24-/m1/s1. The van der Waals surface area contributed by atoms with Crippen LogP contribution in [0.15, 0.2) is 61.0 Å². The highest BCUT2D eigenvalue weighted by molar-refractivity contribution is 7.10. The fourth-order valence-corrected chi connectivity index (χ4v) is 4.96. The van der Waals surface area contributed by atoms with Gasteiger partial charge >= 0.3 is 0 Å². The van der Waals surface area contributed by atoms with Crippen molar-refractivity contribution in [1.29, 1.82) is 0 Å². The normalized spacial score (nSPS) is 16.1. The summed E-state index contributed by atoms with van der Waals surface area (Å²) < 4.78 is 16.6. The third-order valence-electron chi connectivity index (χ3n) is 5.64. The number of fused-ring (bicyclic) bond motifs is 1. The van der Waals surface area contributed by atoms with Crippen molar-refractivity contribution in [2.75, 3.05) is 53.1 Å². The van der Waals surface area contributed by atoms with Crippen molar-refractivity contribution in [1.82, 2.24) is 9.80 Å². The second kappa shape index (κ2) is 13.3. The van der Waals surface area contributed by atoms with Crippen LogP contribution in [0.3, 0.4) is 0 Å². The maximum Gasteiger partial charge on any atom is 0.237 e. The summed E-state index contributed by atoms with van der Waals surface area (Å²) in [5, 5.41) is 12.4. The predicted molar refractivity (Wildman–Crippen MR) is 135 cm³/mol. The Morgan fingerprint density at radius 1 is 1.26 bits per heavy atom. The summed E-state index contributed by atoms with van der Waals surface area (Å²) in [5.41, 5.74) is 1.14. The number of hydrogen-bond acceptors (Lipinski definition) is 7. The molecular formula is C26H34N2O5S. The molecule has 1 aliphatic heterocycles. The predicted octanol–water partition coefficient (Wildman–Crippen LogP) is 3.31. The van der Waals surface area contributed by atoms with Gasteiger partial charge in [0.2, 0.25) is 5.91 Å². The number of ether oxygens (including phenoxy) is 3. The van der Waals surface area contributed by atoms with E-state index in [-0.39, 0.29) is 25.1 Å². The van der Waals surface area contributed by atoms with Crippen LogP contribution in [0.4, 0.5) is 0 Å². The fraction of sp³-hybridized carbons (Fsp3) is 0.423. The lowest BCUT2D eigenvalue weighted by molar-refractivity contribution is -0.136. The van der Waals surface area contributed by atoms with Gasteiger partial charge in [0.15, 0.2) is 0 Å². The van der Waals surface area contributed by atoms with Gasteiger partial charge in [-0.15, -0.1) is 24.5 Å². The third kappa shape index (κ3) is 7.17. The van der Waals surface area contributed by atoms with E-state index in [1.165, 1.54) is 4.88 Å². The average Bonchev–Trinajstić information content (AvgIpc) is 3.32.